The molecule has 0 unspecified atom stereocenters. The lowest BCUT2D eigenvalue weighted by Gasteiger charge is -2.13. The molecule has 5 aromatic rings. The smallest absolute Gasteiger partial charge is 0.296 e. The van der Waals surface area contributed by atoms with Gasteiger partial charge in [-0.25, -0.2) is 8.91 Å². The van der Waals surface area contributed by atoms with Gasteiger partial charge in [0, 0.05) is 10.7 Å². The zero-order valence-corrected chi connectivity index (χ0v) is 19.1. The van der Waals surface area contributed by atoms with Gasteiger partial charge in [0.05, 0.1) is 17.6 Å². The van der Waals surface area contributed by atoms with Gasteiger partial charge in [-0.05, 0) is 60.9 Å². The predicted octanol–water partition coefficient (Wildman–Crippen LogP) is 4.75. The van der Waals surface area contributed by atoms with Crippen LogP contribution in [0, 0.1) is 19.7 Å². The molecular formula is C25H19ClFN5O2. The Hall–Kier alpha value is -4.04. The van der Waals surface area contributed by atoms with Gasteiger partial charge in [0.1, 0.15) is 5.82 Å². The maximum Gasteiger partial charge on any atom is 0.296 e. The monoisotopic (exact) mass is 475 g/mol. The third kappa shape index (κ3) is 3.82. The van der Waals surface area contributed by atoms with Crippen LogP contribution in [-0.4, -0.2) is 25.1 Å². The molecule has 9 heteroatoms. The fraction of sp³-hybridized carbons (Fsp3) is 0.120. The lowest BCUT2D eigenvalue weighted by molar-refractivity contribution is 0.101. The lowest BCUT2D eigenvalue weighted by atomic mass is 10.2. The number of hydrogen-bond donors (Lipinski definition) is 1. The summed E-state index contributed by atoms with van der Waals surface area (Å²) in [6.07, 6.45) is 0. The molecule has 0 saturated carbocycles. The maximum absolute atomic E-state index is 13.9. The van der Waals surface area contributed by atoms with E-state index in [1.165, 1.54) is 10.6 Å². The molecule has 2 aromatic heterocycles. The summed E-state index contributed by atoms with van der Waals surface area (Å²) in [7, 11) is 0. The van der Waals surface area contributed by atoms with E-state index >= 15 is 0 Å². The molecule has 5 rings (SSSR count). The van der Waals surface area contributed by atoms with Crippen LogP contribution in [0.25, 0.3) is 16.7 Å². The van der Waals surface area contributed by atoms with Crippen LogP contribution in [0.15, 0.2) is 65.5 Å². The van der Waals surface area contributed by atoms with E-state index in [0.717, 1.165) is 11.1 Å². The third-order valence-corrected chi connectivity index (χ3v) is 5.98. The normalized spacial score (nSPS) is 11.3. The van der Waals surface area contributed by atoms with Gasteiger partial charge in [-0.1, -0.05) is 41.9 Å². The number of carbonyl (C=O) groups excluding carboxylic acids is 1. The Balaban J connectivity index is 1.64. The Kier molecular flexibility index (Phi) is 5.37. The topological polar surface area (TPSA) is 81.3 Å². The first kappa shape index (κ1) is 21.8. The van der Waals surface area contributed by atoms with Gasteiger partial charge >= 0.3 is 0 Å². The molecule has 0 fully saturated rings. The highest BCUT2D eigenvalue weighted by molar-refractivity contribution is 6.31. The van der Waals surface area contributed by atoms with Crippen molar-refractivity contribution in [3.05, 3.63) is 104 Å². The van der Waals surface area contributed by atoms with Crippen LogP contribution in [0.4, 0.5) is 10.1 Å². The van der Waals surface area contributed by atoms with Crippen LogP contribution in [-0.2, 0) is 6.54 Å². The van der Waals surface area contributed by atoms with Gasteiger partial charge in [0.15, 0.2) is 0 Å². The van der Waals surface area contributed by atoms with Gasteiger partial charge in [0.25, 0.3) is 11.5 Å². The Labute approximate surface area is 198 Å². The van der Waals surface area contributed by atoms with E-state index in [1.54, 1.807) is 29.7 Å². The van der Waals surface area contributed by atoms with Gasteiger partial charge in [-0.2, -0.15) is 4.98 Å². The first-order chi connectivity index (χ1) is 16.3. The Morgan fingerprint density at radius 3 is 2.62 bits per heavy atom. The van der Waals surface area contributed by atoms with E-state index in [2.05, 4.69) is 15.4 Å². The average Bonchev–Trinajstić information content (AvgIpc) is 3.26. The molecule has 0 spiro atoms. The summed E-state index contributed by atoms with van der Waals surface area (Å²) >= 11 is 6.34. The van der Waals surface area contributed by atoms with Crippen molar-refractivity contribution in [2.24, 2.45) is 0 Å². The molecule has 2 heterocycles. The van der Waals surface area contributed by atoms with E-state index < -0.39 is 17.3 Å². The van der Waals surface area contributed by atoms with Crippen molar-refractivity contribution in [3.63, 3.8) is 0 Å². The number of rotatable bonds is 4. The van der Waals surface area contributed by atoms with Crippen molar-refractivity contribution in [1.82, 2.24) is 19.2 Å². The summed E-state index contributed by atoms with van der Waals surface area (Å²) < 4.78 is 16.8. The summed E-state index contributed by atoms with van der Waals surface area (Å²) in [6, 6.07) is 17.3. The SMILES string of the molecule is Cc1ccc2c(c1)n(Cc1ccccc1Cl)c(=O)c1nc(C(=O)Nc3ccc(C)c(F)c3)nn12. The second kappa shape index (κ2) is 8.39. The largest absolute Gasteiger partial charge is 0.319 e. The minimum absolute atomic E-state index is 0.00337. The number of halogens is 2. The highest BCUT2D eigenvalue weighted by Crippen LogP contribution is 2.21. The van der Waals surface area contributed by atoms with Crippen LogP contribution in [0.5, 0.6) is 0 Å². The molecule has 0 aliphatic rings. The molecule has 0 aliphatic heterocycles. The van der Waals surface area contributed by atoms with Crippen molar-refractivity contribution in [2.45, 2.75) is 20.4 Å². The number of nitrogens with one attached hydrogen (secondary N) is 1. The molecule has 0 bridgehead atoms. The molecular weight excluding hydrogens is 457 g/mol. The number of amides is 1. The Morgan fingerprint density at radius 1 is 1.06 bits per heavy atom. The van der Waals surface area contributed by atoms with Crippen LogP contribution in [0.3, 0.4) is 0 Å². The molecule has 0 saturated heterocycles. The predicted molar refractivity (Wildman–Crippen MR) is 129 cm³/mol. The highest BCUT2D eigenvalue weighted by atomic mass is 35.5. The number of hydrogen-bond acceptors (Lipinski definition) is 4. The van der Waals surface area contributed by atoms with E-state index in [0.29, 0.717) is 21.6 Å². The molecule has 3 aromatic carbocycles. The summed E-state index contributed by atoms with van der Waals surface area (Å²) in [5.41, 5.74) is 3.30. The average molecular weight is 476 g/mol. The van der Waals surface area contributed by atoms with Crippen LogP contribution >= 0.6 is 11.6 Å². The quantitative estimate of drug-likeness (QED) is 0.406. The van der Waals surface area contributed by atoms with Gasteiger partial charge in [-0.15, -0.1) is 5.10 Å². The Bertz CT molecular complexity index is 1660. The molecule has 170 valence electrons. The van der Waals surface area contributed by atoms with Gasteiger partial charge < -0.3 is 5.32 Å². The number of aromatic nitrogens is 4. The standard InChI is InChI=1S/C25H19ClFN5O2/c1-14-7-10-20-21(11-14)31(13-16-5-3-4-6-18(16)26)25(34)23-29-22(30-32(20)23)24(33)28-17-9-8-15(2)19(27)12-17/h3-12H,13H2,1-2H3,(H,28,33). The second-order valence-corrected chi connectivity index (χ2v) is 8.47. The minimum atomic E-state index is -0.649. The first-order valence-corrected chi connectivity index (χ1v) is 10.9. The van der Waals surface area contributed by atoms with Crippen molar-refractivity contribution in [1.29, 1.82) is 0 Å². The summed E-state index contributed by atoms with van der Waals surface area (Å²) in [4.78, 5) is 30.5. The third-order valence-electron chi connectivity index (χ3n) is 5.61. The zero-order valence-electron chi connectivity index (χ0n) is 18.3. The van der Waals surface area contributed by atoms with Gasteiger partial charge in [-0.3, -0.25) is 14.2 Å². The highest BCUT2D eigenvalue weighted by Gasteiger charge is 2.20. The van der Waals surface area contributed by atoms with Crippen molar-refractivity contribution in [3.8, 4) is 0 Å². The molecule has 0 atom stereocenters. The number of benzene rings is 3. The number of anilines is 1. The summed E-state index contributed by atoms with van der Waals surface area (Å²) in [6.45, 7) is 3.78. The van der Waals surface area contributed by atoms with E-state index in [1.807, 2.05) is 43.3 Å². The van der Waals surface area contributed by atoms with Gasteiger partial charge in [0.2, 0.25) is 11.5 Å². The lowest BCUT2D eigenvalue weighted by Crippen LogP contribution is -2.24. The summed E-state index contributed by atoms with van der Waals surface area (Å²) in [5.74, 6) is -1.29. The van der Waals surface area contributed by atoms with Crippen molar-refractivity contribution < 1.29 is 9.18 Å². The Morgan fingerprint density at radius 2 is 1.85 bits per heavy atom. The van der Waals surface area contributed by atoms with E-state index in [4.69, 9.17) is 11.6 Å². The van der Waals surface area contributed by atoms with Crippen LogP contribution < -0.4 is 10.9 Å². The van der Waals surface area contributed by atoms with Crippen LogP contribution in [0.2, 0.25) is 5.02 Å². The second-order valence-electron chi connectivity index (χ2n) is 8.06. The van der Waals surface area contributed by atoms with Crippen molar-refractivity contribution >= 4 is 39.9 Å². The molecule has 7 nitrogen and oxygen atoms in total. The molecule has 0 aliphatic carbocycles. The number of fused-ring (bicyclic) bond motifs is 3. The molecule has 1 amide bonds. The van der Waals surface area contributed by atoms with Crippen LogP contribution in [0.1, 0.15) is 27.3 Å². The number of nitrogens with zero attached hydrogens (tertiary/aromatic N) is 4. The first-order valence-electron chi connectivity index (χ1n) is 10.5. The van der Waals surface area contributed by atoms with E-state index in [-0.39, 0.29) is 23.7 Å². The maximum atomic E-state index is 13.9. The number of aryl methyl sites for hydroxylation is 2. The molecule has 0 radical (unpaired) electrons. The molecule has 34 heavy (non-hydrogen) atoms. The zero-order chi connectivity index (χ0) is 24.0. The summed E-state index contributed by atoms with van der Waals surface area (Å²) in [5, 5.41) is 7.42. The van der Waals surface area contributed by atoms with Crippen molar-refractivity contribution in [2.75, 3.05) is 5.32 Å². The van der Waals surface area contributed by atoms with E-state index in [9.17, 15) is 14.0 Å². The molecule has 1 N–H and O–H groups in total. The fourth-order valence-corrected chi connectivity index (χ4v) is 3.98. The number of carbonyl (C=O) groups is 1. The minimum Gasteiger partial charge on any atom is -0.319 e. The fourth-order valence-electron chi connectivity index (χ4n) is 3.79.